The number of Topliss-reactive ketones (excluding diaryl/α,β-unsaturated/α-hetero) is 1. The van der Waals surface area contributed by atoms with E-state index in [1.165, 1.54) is 0 Å². The highest BCUT2D eigenvalue weighted by molar-refractivity contribution is 5.82. The molecule has 0 aliphatic heterocycles. The predicted molar refractivity (Wildman–Crippen MR) is 82.8 cm³/mol. The Labute approximate surface area is 120 Å². The Kier molecular flexibility index (Phi) is 4.50. The molecule has 3 heteroatoms. The molecule has 0 radical (unpaired) electrons. The van der Waals surface area contributed by atoms with E-state index < -0.39 is 0 Å². The van der Waals surface area contributed by atoms with Gasteiger partial charge in [-0.2, -0.15) is 0 Å². The van der Waals surface area contributed by atoms with Gasteiger partial charge in [0.05, 0.1) is 5.52 Å². The van der Waals surface area contributed by atoms with Gasteiger partial charge in [0, 0.05) is 36.0 Å². The number of ketones is 1. The molecule has 1 aromatic carbocycles. The SMILES string of the molecule is CC(C)(C)NCCC(=O)Cc1ccc2ccccc2n1. The number of benzene rings is 1. The lowest BCUT2D eigenvalue weighted by Crippen LogP contribution is -2.37. The summed E-state index contributed by atoms with van der Waals surface area (Å²) in [5.74, 6) is 0.226. The first-order valence-electron chi connectivity index (χ1n) is 7.05. The van der Waals surface area contributed by atoms with Gasteiger partial charge in [0.2, 0.25) is 0 Å². The third-order valence-corrected chi connectivity index (χ3v) is 3.09. The van der Waals surface area contributed by atoms with Crippen LogP contribution >= 0.6 is 0 Å². The summed E-state index contributed by atoms with van der Waals surface area (Å²) < 4.78 is 0. The van der Waals surface area contributed by atoms with Crippen molar-refractivity contribution >= 4 is 16.7 Å². The molecule has 20 heavy (non-hydrogen) atoms. The van der Waals surface area contributed by atoms with E-state index in [1.807, 2.05) is 36.4 Å². The van der Waals surface area contributed by atoms with Crippen molar-refractivity contribution in [2.24, 2.45) is 0 Å². The number of hydrogen-bond donors (Lipinski definition) is 1. The molecule has 0 bridgehead atoms. The molecule has 2 rings (SSSR count). The molecule has 106 valence electrons. The van der Waals surface area contributed by atoms with Crippen molar-refractivity contribution < 1.29 is 4.79 Å². The van der Waals surface area contributed by atoms with Crippen molar-refractivity contribution in [3.8, 4) is 0 Å². The van der Waals surface area contributed by atoms with Crippen molar-refractivity contribution in [2.75, 3.05) is 6.54 Å². The molecule has 2 aromatic rings. The van der Waals surface area contributed by atoms with Gasteiger partial charge in [0.25, 0.3) is 0 Å². The van der Waals surface area contributed by atoms with Gasteiger partial charge >= 0.3 is 0 Å². The number of carbonyl (C=O) groups excluding carboxylic acids is 1. The maximum atomic E-state index is 12.0. The third kappa shape index (κ3) is 4.42. The van der Waals surface area contributed by atoms with Gasteiger partial charge in [-0.15, -0.1) is 0 Å². The Balaban J connectivity index is 1.92. The number of aromatic nitrogens is 1. The smallest absolute Gasteiger partial charge is 0.140 e. The number of nitrogens with zero attached hydrogens (tertiary/aromatic N) is 1. The quantitative estimate of drug-likeness (QED) is 0.907. The van der Waals surface area contributed by atoms with E-state index in [0.29, 0.717) is 12.8 Å². The summed E-state index contributed by atoms with van der Waals surface area (Å²) >= 11 is 0. The molecule has 1 heterocycles. The van der Waals surface area contributed by atoms with Crippen LogP contribution in [-0.4, -0.2) is 22.9 Å². The van der Waals surface area contributed by atoms with E-state index in [9.17, 15) is 4.79 Å². The van der Waals surface area contributed by atoms with Gasteiger partial charge in [-0.05, 0) is 32.9 Å². The van der Waals surface area contributed by atoms with Crippen molar-refractivity contribution in [1.29, 1.82) is 0 Å². The highest BCUT2D eigenvalue weighted by Crippen LogP contribution is 2.12. The summed E-state index contributed by atoms with van der Waals surface area (Å²) in [6.45, 7) is 7.02. The van der Waals surface area contributed by atoms with Crippen molar-refractivity contribution in [2.45, 2.75) is 39.2 Å². The minimum Gasteiger partial charge on any atom is -0.312 e. The fourth-order valence-corrected chi connectivity index (χ4v) is 2.07. The zero-order valence-electron chi connectivity index (χ0n) is 12.4. The van der Waals surface area contributed by atoms with E-state index in [-0.39, 0.29) is 11.3 Å². The van der Waals surface area contributed by atoms with E-state index >= 15 is 0 Å². The topological polar surface area (TPSA) is 42.0 Å². The maximum absolute atomic E-state index is 12.0. The number of nitrogens with one attached hydrogen (secondary N) is 1. The molecule has 0 spiro atoms. The average Bonchev–Trinajstić information content (AvgIpc) is 2.37. The van der Waals surface area contributed by atoms with Gasteiger partial charge in [0.15, 0.2) is 0 Å². The van der Waals surface area contributed by atoms with Gasteiger partial charge in [-0.1, -0.05) is 24.3 Å². The lowest BCUT2D eigenvalue weighted by molar-refractivity contribution is -0.118. The van der Waals surface area contributed by atoms with Crippen molar-refractivity contribution in [1.82, 2.24) is 10.3 Å². The van der Waals surface area contributed by atoms with Crippen LogP contribution in [0, 0.1) is 0 Å². The number of pyridine rings is 1. The Morgan fingerprint density at radius 1 is 1.15 bits per heavy atom. The molecule has 0 aliphatic carbocycles. The lowest BCUT2D eigenvalue weighted by atomic mass is 10.1. The summed E-state index contributed by atoms with van der Waals surface area (Å²) in [6.07, 6.45) is 0.961. The summed E-state index contributed by atoms with van der Waals surface area (Å²) in [7, 11) is 0. The molecule has 0 amide bonds. The van der Waals surface area contributed by atoms with Crippen LogP contribution in [0.5, 0.6) is 0 Å². The van der Waals surface area contributed by atoms with E-state index in [4.69, 9.17) is 0 Å². The number of rotatable bonds is 5. The van der Waals surface area contributed by atoms with Crippen LogP contribution < -0.4 is 5.32 Å². The Morgan fingerprint density at radius 3 is 2.65 bits per heavy atom. The molecule has 3 nitrogen and oxygen atoms in total. The first kappa shape index (κ1) is 14.7. The van der Waals surface area contributed by atoms with Gasteiger partial charge in [-0.25, -0.2) is 0 Å². The number of carbonyl (C=O) groups is 1. The van der Waals surface area contributed by atoms with Gasteiger partial charge in [-0.3, -0.25) is 9.78 Å². The summed E-state index contributed by atoms with van der Waals surface area (Å²) in [4.78, 5) is 16.5. The van der Waals surface area contributed by atoms with Crippen LogP contribution in [-0.2, 0) is 11.2 Å². The van der Waals surface area contributed by atoms with Gasteiger partial charge in [0.1, 0.15) is 5.78 Å². The largest absolute Gasteiger partial charge is 0.312 e. The van der Waals surface area contributed by atoms with E-state index in [0.717, 1.165) is 23.1 Å². The molecule has 1 N–H and O–H groups in total. The molecule has 0 fully saturated rings. The van der Waals surface area contributed by atoms with Crippen LogP contribution in [0.15, 0.2) is 36.4 Å². The first-order chi connectivity index (χ1) is 9.44. The molecule has 0 aliphatic rings. The number of fused-ring (bicyclic) bond motifs is 1. The Hall–Kier alpha value is -1.74. The molecule has 1 aromatic heterocycles. The Bertz CT molecular complexity index is 599. The second kappa shape index (κ2) is 6.14. The minimum atomic E-state index is 0.0570. The van der Waals surface area contributed by atoms with E-state index in [2.05, 4.69) is 31.1 Å². The molecular weight excluding hydrogens is 248 g/mol. The average molecular weight is 270 g/mol. The van der Waals surface area contributed by atoms with Crippen molar-refractivity contribution in [3.05, 3.63) is 42.1 Å². The summed E-state index contributed by atoms with van der Waals surface area (Å²) in [6, 6.07) is 11.9. The molecular formula is C17H22N2O. The molecule has 0 atom stereocenters. The van der Waals surface area contributed by atoms with Crippen LogP contribution in [0.25, 0.3) is 10.9 Å². The van der Waals surface area contributed by atoms with Crippen LogP contribution in [0.3, 0.4) is 0 Å². The second-order valence-corrected chi connectivity index (χ2v) is 6.14. The Morgan fingerprint density at radius 2 is 1.90 bits per heavy atom. The monoisotopic (exact) mass is 270 g/mol. The standard InChI is InChI=1S/C17H22N2O/c1-17(2,3)18-11-10-15(20)12-14-9-8-13-6-4-5-7-16(13)19-14/h4-9,18H,10-12H2,1-3H3. The van der Waals surface area contributed by atoms with Gasteiger partial charge < -0.3 is 5.32 Å². The molecule has 0 saturated heterocycles. The lowest BCUT2D eigenvalue weighted by Gasteiger charge is -2.20. The number of para-hydroxylation sites is 1. The third-order valence-electron chi connectivity index (χ3n) is 3.09. The zero-order valence-corrected chi connectivity index (χ0v) is 12.4. The summed E-state index contributed by atoms with van der Waals surface area (Å²) in [5.41, 5.74) is 1.86. The molecule has 0 unspecified atom stereocenters. The molecule has 0 saturated carbocycles. The van der Waals surface area contributed by atoms with Crippen molar-refractivity contribution in [3.63, 3.8) is 0 Å². The second-order valence-electron chi connectivity index (χ2n) is 6.14. The zero-order chi connectivity index (χ0) is 14.6. The van der Waals surface area contributed by atoms with Crippen LogP contribution in [0.2, 0.25) is 0 Å². The fraction of sp³-hybridized carbons (Fsp3) is 0.412. The highest BCUT2D eigenvalue weighted by Gasteiger charge is 2.10. The fourth-order valence-electron chi connectivity index (χ4n) is 2.07. The predicted octanol–water partition coefficient (Wildman–Crippen LogP) is 3.12. The summed E-state index contributed by atoms with van der Waals surface area (Å²) in [5, 5.41) is 4.44. The van der Waals surface area contributed by atoms with E-state index in [1.54, 1.807) is 0 Å². The van der Waals surface area contributed by atoms with Crippen LogP contribution in [0.4, 0.5) is 0 Å². The highest BCUT2D eigenvalue weighted by atomic mass is 16.1. The number of hydrogen-bond acceptors (Lipinski definition) is 3. The first-order valence-corrected chi connectivity index (χ1v) is 7.05. The maximum Gasteiger partial charge on any atom is 0.140 e. The minimum absolute atomic E-state index is 0.0570. The van der Waals surface area contributed by atoms with Crippen LogP contribution in [0.1, 0.15) is 32.9 Å². The normalized spacial score (nSPS) is 11.8.